The molecular formula is C8H12N2O2. The summed E-state index contributed by atoms with van der Waals surface area (Å²) in [6.07, 6.45) is 0.702. The van der Waals surface area contributed by atoms with Crippen molar-refractivity contribution >= 4 is 0 Å². The topological polar surface area (TPSA) is 57.4 Å². The van der Waals surface area contributed by atoms with Gasteiger partial charge in [0, 0.05) is 18.2 Å². The Morgan fingerprint density at radius 1 is 1.50 bits per heavy atom. The van der Waals surface area contributed by atoms with E-state index in [0.29, 0.717) is 18.9 Å². The number of rotatable bonds is 4. The molecular weight excluding hydrogens is 156 g/mol. The standard InChI is InChI=1S/C8H12N2O2/c1-11-8-4-2-3-7(10-8)5-6-12-9/h2-4H,5-6,9H2,1H3. The Labute approximate surface area is 71.3 Å². The monoisotopic (exact) mass is 168 g/mol. The molecule has 0 aliphatic carbocycles. The third kappa shape index (κ3) is 2.48. The Bertz CT molecular complexity index is 240. The van der Waals surface area contributed by atoms with Crippen LogP contribution in [-0.4, -0.2) is 18.7 Å². The van der Waals surface area contributed by atoms with Crippen LogP contribution in [0.25, 0.3) is 0 Å². The van der Waals surface area contributed by atoms with Crippen LogP contribution in [0.3, 0.4) is 0 Å². The van der Waals surface area contributed by atoms with Crippen LogP contribution in [-0.2, 0) is 11.3 Å². The first kappa shape index (κ1) is 8.96. The quantitative estimate of drug-likeness (QED) is 0.666. The van der Waals surface area contributed by atoms with Crippen molar-refractivity contribution in [3.8, 4) is 5.88 Å². The Kier molecular flexibility index (Phi) is 3.50. The lowest BCUT2D eigenvalue weighted by Crippen LogP contribution is -2.05. The van der Waals surface area contributed by atoms with Crippen LogP contribution in [0.5, 0.6) is 5.88 Å². The normalized spacial score (nSPS) is 9.83. The summed E-state index contributed by atoms with van der Waals surface area (Å²) < 4.78 is 4.95. The van der Waals surface area contributed by atoms with E-state index < -0.39 is 0 Å². The molecule has 0 aromatic carbocycles. The van der Waals surface area contributed by atoms with Crippen LogP contribution >= 0.6 is 0 Å². The Morgan fingerprint density at radius 3 is 3.00 bits per heavy atom. The van der Waals surface area contributed by atoms with Gasteiger partial charge in [-0.3, -0.25) is 0 Å². The lowest BCUT2D eigenvalue weighted by Gasteiger charge is -2.01. The van der Waals surface area contributed by atoms with Crippen LogP contribution in [0.1, 0.15) is 5.69 Å². The number of ether oxygens (including phenoxy) is 1. The zero-order valence-corrected chi connectivity index (χ0v) is 6.99. The second kappa shape index (κ2) is 4.69. The zero-order valence-electron chi connectivity index (χ0n) is 6.99. The fourth-order valence-electron chi connectivity index (χ4n) is 0.874. The molecule has 12 heavy (non-hydrogen) atoms. The van der Waals surface area contributed by atoms with Gasteiger partial charge in [-0.2, -0.15) is 0 Å². The predicted molar refractivity (Wildman–Crippen MR) is 44.6 cm³/mol. The first-order valence-electron chi connectivity index (χ1n) is 3.68. The highest BCUT2D eigenvalue weighted by atomic mass is 16.6. The molecule has 0 aliphatic heterocycles. The molecule has 0 saturated heterocycles. The number of hydrogen-bond donors (Lipinski definition) is 1. The van der Waals surface area contributed by atoms with E-state index in [-0.39, 0.29) is 0 Å². The minimum atomic E-state index is 0.472. The lowest BCUT2D eigenvalue weighted by molar-refractivity contribution is 0.140. The Balaban J connectivity index is 2.60. The van der Waals surface area contributed by atoms with E-state index in [2.05, 4.69) is 9.82 Å². The van der Waals surface area contributed by atoms with Crippen molar-refractivity contribution in [3.63, 3.8) is 0 Å². The van der Waals surface area contributed by atoms with Gasteiger partial charge in [0.1, 0.15) is 0 Å². The summed E-state index contributed by atoms with van der Waals surface area (Å²) in [6, 6.07) is 5.59. The minimum absolute atomic E-state index is 0.472. The van der Waals surface area contributed by atoms with Crippen LogP contribution in [0, 0.1) is 0 Å². The van der Waals surface area contributed by atoms with E-state index in [1.54, 1.807) is 13.2 Å². The molecule has 0 spiro atoms. The molecule has 0 saturated carbocycles. The molecule has 1 aromatic rings. The zero-order chi connectivity index (χ0) is 8.81. The fourth-order valence-corrected chi connectivity index (χ4v) is 0.874. The van der Waals surface area contributed by atoms with Crippen molar-refractivity contribution < 1.29 is 9.57 Å². The van der Waals surface area contributed by atoms with Crippen LogP contribution < -0.4 is 10.6 Å². The molecule has 1 aromatic heterocycles. The van der Waals surface area contributed by atoms with Crippen molar-refractivity contribution in [1.29, 1.82) is 0 Å². The maximum absolute atomic E-state index is 4.95. The molecule has 0 aliphatic rings. The number of methoxy groups -OCH3 is 1. The van der Waals surface area contributed by atoms with Crippen LogP contribution in [0.15, 0.2) is 18.2 Å². The summed E-state index contributed by atoms with van der Waals surface area (Å²) >= 11 is 0. The molecule has 1 rings (SSSR count). The van der Waals surface area contributed by atoms with Gasteiger partial charge in [0.15, 0.2) is 0 Å². The van der Waals surface area contributed by atoms with Gasteiger partial charge in [-0.25, -0.2) is 10.9 Å². The van der Waals surface area contributed by atoms with Gasteiger partial charge in [-0.15, -0.1) is 0 Å². The van der Waals surface area contributed by atoms with Crippen molar-refractivity contribution in [1.82, 2.24) is 4.98 Å². The number of aromatic nitrogens is 1. The summed E-state index contributed by atoms with van der Waals surface area (Å²) in [5, 5.41) is 0. The van der Waals surface area contributed by atoms with Crippen LogP contribution in [0.4, 0.5) is 0 Å². The first-order valence-corrected chi connectivity index (χ1v) is 3.68. The summed E-state index contributed by atoms with van der Waals surface area (Å²) in [6.45, 7) is 0.472. The molecule has 66 valence electrons. The number of nitrogens with zero attached hydrogens (tertiary/aromatic N) is 1. The highest BCUT2D eigenvalue weighted by Crippen LogP contribution is 2.06. The molecule has 0 radical (unpaired) electrons. The predicted octanol–water partition coefficient (Wildman–Crippen LogP) is 0.523. The van der Waals surface area contributed by atoms with Crippen molar-refractivity contribution in [2.75, 3.05) is 13.7 Å². The van der Waals surface area contributed by atoms with E-state index in [1.807, 2.05) is 12.1 Å². The third-order valence-electron chi connectivity index (χ3n) is 1.47. The van der Waals surface area contributed by atoms with E-state index in [9.17, 15) is 0 Å². The Hall–Kier alpha value is -1.13. The SMILES string of the molecule is COc1cccc(CCON)n1. The van der Waals surface area contributed by atoms with Crippen LogP contribution in [0.2, 0.25) is 0 Å². The molecule has 0 atom stereocenters. The van der Waals surface area contributed by atoms with Crippen molar-refractivity contribution in [2.45, 2.75) is 6.42 Å². The molecule has 0 unspecified atom stereocenters. The largest absolute Gasteiger partial charge is 0.481 e. The first-order chi connectivity index (χ1) is 5.86. The molecule has 4 heteroatoms. The fraction of sp³-hybridized carbons (Fsp3) is 0.375. The highest BCUT2D eigenvalue weighted by Gasteiger charge is 1.96. The van der Waals surface area contributed by atoms with Crippen molar-refractivity contribution in [3.05, 3.63) is 23.9 Å². The molecule has 4 nitrogen and oxygen atoms in total. The van der Waals surface area contributed by atoms with Gasteiger partial charge in [-0.05, 0) is 6.07 Å². The highest BCUT2D eigenvalue weighted by molar-refractivity contribution is 5.15. The van der Waals surface area contributed by atoms with Gasteiger partial charge >= 0.3 is 0 Å². The number of hydrogen-bond acceptors (Lipinski definition) is 4. The van der Waals surface area contributed by atoms with E-state index >= 15 is 0 Å². The van der Waals surface area contributed by atoms with Gasteiger partial charge in [-0.1, -0.05) is 6.07 Å². The van der Waals surface area contributed by atoms with E-state index in [1.165, 1.54) is 0 Å². The van der Waals surface area contributed by atoms with Gasteiger partial charge in [0.25, 0.3) is 0 Å². The summed E-state index contributed by atoms with van der Waals surface area (Å²) in [7, 11) is 1.59. The average Bonchev–Trinajstić information content (AvgIpc) is 2.15. The molecule has 0 fully saturated rings. The maximum Gasteiger partial charge on any atom is 0.213 e. The second-order valence-electron chi connectivity index (χ2n) is 2.29. The Morgan fingerprint density at radius 2 is 2.33 bits per heavy atom. The molecule has 1 heterocycles. The van der Waals surface area contributed by atoms with Gasteiger partial charge < -0.3 is 9.57 Å². The van der Waals surface area contributed by atoms with E-state index in [4.69, 9.17) is 10.6 Å². The summed E-state index contributed by atoms with van der Waals surface area (Å²) in [4.78, 5) is 8.61. The average molecular weight is 168 g/mol. The van der Waals surface area contributed by atoms with Gasteiger partial charge in [0.2, 0.25) is 5.88 Å². The lowest BCUT2D eigenvalue weighted by atomic mass is 10.3. The maximum atomic E-state index is 4.95. The summed E-state index contributed by atoms with van der Waals surface area (Å²) in [5.74, 6) is 5.50. The molecule has 0 amide bonds. The summed E-state index contributed by atoms with van der Waals surface area (Å²) in [5.41, 5.74) is 0.916. The second-order valence-corrected chi connectivity index (χ2v) is 2.29. The minimum Gasteiger partial charge on any atom is -0.481 e. The number of pyridine rings is 1. The molecule has 0 bridgehead atoms. The third-order valence-corrected chi connectivity index (χ3v) is 1.47. The van der Waals surface area contributed by atoms with Crippen molar-refractivity contribution in [2.24, 2.45) is 5.90 Å². The smallest absolute Gasteiger partial charge is 0.213 e. The van der Waals surface area contributed by atoms with E-state index in [0.717, 1.165) is 5.69 Å². The van der Waals surface area contributed by atoms with Gasteiger partial charge in [0.05, 0.1) is 13.7 Å². The number of nitrogens with two attached hydrogens (primary N) is 1. The molecule has 2 N–H and O–H groups in total.